The van der Waals surface area contributed by atoms with Gasteiger partial charge in [-0.15, -0.1) is 10.1 Å². The predicted molar refractivity (Wildman–Crippen MR) is 128 cm³/mol. The van der Waals surface area contributed by atoms with Gasteiger partial charge in [-0.3, -0.25) is 9.59 Å². The highest BCUT2D eigenvalue weighted by Crippen LogP contribution is 2.26. The summed E-state index contributed by atoms with van der Waals surface area (Å²) < 4.78 is 20.0. The predicted octanol–water partition coefficient (Wildman–Crippen LogP) is 3.27. The Bertz CT molecular complexity index is 1120. The Kier molecular flexibility index (Phi) is 11.8. The van der Waals surface area contributed by atoms with Crippen LogP contribution in [-0.2, 0) is 38.2 Å². The van der Waals surface area contributed by atoms with Gasteiger partial charge in [0.1, 0.15) is 5.75 Å². The lowest BCUT2D eigenvalue weighted by atomic mass is 9.98. The lowest BCUT2D eigenvalue weighted by Crippen LogP contribution is -2.20. The van der Waals surface area contributed by atoms with Gasteiger partial charge in [0.25, 0.3) is 5.09 Å². The number of rotatable bonds is 15. The van der Waals surface area contributed by atoms with Crippen LogP contribution in [0.15, 0.2) is 36.4 Å². The van der Waals surface area contributed by atoms with E-state index in [-0.39, 0.29) is 25.4 Å². The number of benzene rings is 2. The molecule has 2 aromatic carbocycles. The van der Waals surface area contributed by atoms with Crippen LogP contribution in [0.25, 0.3) is 10.8 Å². The van der Waals surface area contributed by atoms with Gasteiger partial charge in [0, 0.05) is 6.42 Å². The van der Waals surface area contributed by atoms with Gasteiger partial charge >= 0.3 is 23.9 Å². The standard InChI is InChI=1S/C25H29NO11/c1-3-6-22(27)34-16-24(29)37-21-10-9-19-13-18(7-8-20(19)14-21)17(2)25(30)35-15-23(28)33-11-4-5-12-36-26(31)32/h7-10,13-14,17H,3-6,11-12,15-16H2,1-2H3. The largest absolute Gasteiger partial charge is 0.463 e. The van der Waals surface area contributed by atoms with Crippen molar-refractivity contribution < 1.29 is 48.0 Å². The molecule has 0 bridgehead atoms. The summed E-state index contributed by atoms with van der Waals surface area (Å²) in [5.74, 6) is -2.87. The molecule has 0 amide bonds. The topological polar surface area (TPSA) is 158 Å². The van der Waals surface area contributed by atoms with E-state index in [1.807, 2.05) is 6.92 Å². The first kappa shape index (κ1) is 29.0. The molecule has 0 aromatic heterocycles. The molecule has 2 aromatic rings. The Morgan fingerprint density at radius 1 is 0.865 bits per heavy atom. The maximum Gasteiger partial charge on any atom is 0.349 e. The maximum atomic E-state index is 12.4. The van der Waals surface area contributed by atoms with Crippen LogP contribution in [-0.4, -0.2) is 55.4 Å². The summed E-state index contributed by atoms with van der Waals surface area (Å²) in [6, 6.07) is 10.2. The molecule has 0 aliphatic carbocycles. The van der Waals surface area contributed by atoms with E-state index in [0.717, 1.165) is 10.8 Å². The van der Waals surface area contributed by atoms with Gasteiger partial charge in [-0.05, 0) is 54.7 Å². The third-order valence-corrected chi connectivity index (χ3v) is 5.06. The van der Waals surface area contributed by atoms with Crippen LogP contribution in [0.4, 0.5) is 0 Å². The minimum absolute atomic E-state index is 0.0268. The fraction of sp³-hybridized carbons (Fsp3) is 0.440. The van der Waals surface area contributed by atoms with Crippen molar-refractivity contribution in [2.24, 2.45) is 0 Å². The zero-order valence-electron chi connectivity index (χ0n) is 20.6. The van der Waals surface area contributed by atoms with Crippen LogP contribution in [0.1, 0.15) is 51.0 Å². The molecule has 200 valence electrons. The minimum Gasteiger partial charge on any atom is -0.463 e. The van der Waals surface area contributed by atoms with E-state index in [0.29, 0.717) is 24.8 Å². The third kappa shape index (κ3) is 10.5. The second-order valence-electron chi connectivity index (χ2n) is 7.97. The van der Waals surface area contributed by atoms with E-state index in [9.17, 15) is 29.3 Å². The highest BCUT2D eigenvalue weighted by atomic mass is 16.9. The molecular formula is C25H29NO11. The molecule has 0 radical (unpaired) electrons. The maximum absolute atomic E-state index is 12.4. The first-order valence-corrected chi connectivity index (χ1v) is 11.7. The number of hydrogen-bond donors (Lipinski definition) is 0. The fourth-order valence-electron chi connectivity index (χ4n) is 3.11. The Hall–Kier alpha value is -4.22. The van der Waals surface area contributed by atoms with Crippen LogP contribution in [0.3, 0.4) is 0 Å². The number of nitrogens with zero attached hydrogens (tertiary/aromatic N) is 1. The van der Waals surface area contributed by atoms with E-state index in [4.69, 9.17) is 18.9 Å². The second-order valence-corrected chi connectivity index (χ2v) is 7.97. The van der Waals surface area contributed by atoms with Crippen molar-refractivity contribution in [1.82, 2.24) is 0 Å². The summed E-state index contributed by atoms with van der Waals surface area (Å²) in [5, 5.41) is 10.7. The second kappa shape index (κ2) is 15.0. The molecule has 12 heteroatoms. The van der Waals surface area contributed by atoms with Crippen molar-refractivity contribution in [1.29, 1.82) is 0 Å². The number of fused-ring (bicyclic) bond motifs is 1. The van der Waals surface area contributed by atoms with Crippen molar-refractivity contribution in [3.05, 3.63) is 52.1 Å². The Labute approximate surface area is 212 Å². The molecule has 0 aliphatic rings. The van der Waals surface area contributed by atoms with Gasteiger partial charge in [0.05, 0.1) is 19.1 Å². The van der Waals surface area contributed by atoms with Gasteiger partial charge in [-0.1, -0.05) is 31.2 Å². The van der Waals surface area contributed by atoms with Crippen LogP contribution in [0, 0.1) is 10.1 Å². The summed E-state index contributed by atoms with van der Waals surface area (Å²) in [6.07, 6.45) is 1.56. The first-order chi connectivity index (χ1) is 17.7. The smallest absolute Gasteiger partial charge is 0.349 e. The van der Waals surface area contributed by atoms with E-state index >= 15 is 0 Å². The first-order valence-electron chi connectivity index (χ1n) is 11.7. The monoisotopic (exact) mass is 519 g/mol. The lowest BCUT2D eigenvalue weighted by molar-refractivity contribution is -0.757. The Balaban J connectivity index is 1.82. The molecule has 0 fully saturated rings. The minimum atomic E-state index is -0.895. The molecule has 0 heterocycles. The van der Waals surface area contributed by atoms with Crippen molar-refractivity contribution >= 4 is 34.6 Å². The van der Waals surface area contributed by atoms with Crippen LogP contribution >= 0.6 is 0 Å². The fourth-order valence-corrected chi connectivity index (χ4v) is 3.11. The van der Waals surface area contributed by atoms with Crippen LogP contribution in [0.2, 0.25) is 0 Å². The van der Waals surface area contributed by atoms with Crippen LogP contribution < -0.4 is 4.74 Å². The molecule has 0 spiro atoms. The van der Waals surface area contributed by atoms with E-state index < -0.39 is 48.1 Å². The summed E-state index contributed by atoms with van der Waals surface area (Å²) in [6.45, 7) is 2.38. The van der Waals surface area contributed by atoms with E-state index in [2.05, 4.69) is 4.84 Å². The summed E-state index contributed by atoms with van der Waals surface area (Å²) in [7, 11) is 0. The SMILES string of the molecule is CCCC(=O)OCC(=O)Oc1ccc2cc(C(C)C(=O)OCC(=O)OCCCCO[N+](=O)[O-])ccc2c1. The Morgan fingerprint density at radius 2 is 1.54 bits per heavy atom. The number of carbonyl (C=O) groups is 4. The van der Waals surface area contributed by atoms with Gasteiger partial charge in [-0.2, -0.15) is 0 Å². The highest BCUT2D eigenvalue weighted by Gasteiger charge is 2.19. The summed E-state index contributed by atoms with van der Waals surface area (Å²) in [4.78, 5) is 61.6. The quantitative estimate of drug-likeness (QED) is 0.0849. The average Bonchev–Trinajstić information content (AvgIpc) is 2.87. The van der Waals surface area contributed by atoms with Gasteiger partial charge in [0.15, 0.2) is 13.2 Å². The molecule has 1 atom stereocenters. The molecule has 2 rings (SSSR count). The normalized spacial score (nSPS) is 11.3. The summed E-state index contributed by atoms with van der Waals surface area (Å²) >= 11 is 0. The number of hydrogen-bond acceptors (Lipinski definition) is 11. The molecule has 1 unspecified atom stereocenters. The molecule has 0 N–H and O–H groups in total. The number of ether oxygens (including phenoxy) is 4. The van der Waals surface area contributed by atoms with E-state index in [1.54, 1.807) is 43.3 Å². The van der Waals surface area contributed by atoms with Gasteiger partial charge in [0.2, 0.25) is 0 Å². The number of esters is 4. The van der Waals surface area contributed by atoms with Crippen molar-refractivity contribution in [2.45, 2.75) is 45.4 Å². The van der Waals surface area contributed by atoms with Crippen LogP contribution in [0.5, 0.6) is 5.75 Å². The lowest BCUT2D eigenvalue weighted by Gasteiger charge is -2.13. The average molecular weight is 520 g/mol. The number of unbranched alkanes of at least 4 members (excludes halogenated alkanes) is 1. The Morgan fingerprint density at radius 3 is 2.27 bits per heavy atom. The van der Waals surface area contributed by atoms with Crippen molar-refractivity contribution in [2.75, 3.05) is 26.4 Å². The van der Waals surface area contributed by atoms with Gasteiger partial charge in [-0.25, -0.2) is 9.59 Å². The number of carbonyl (C=O) groups excluding carboxylic acids is 4. The highest BCUT2D eigenvalue weighted by molar-refractivity contribution is 5.88. The zero-order valence-corrected chi connectivity index (χ0v) is 20.6. The zero-order chi connectivity index (χ0) is 27.2. The van der Waals surface area contributed by atoms with E-state index in [1.165, 1.54) is 0 Å². The molecule has 12 nitrogen and oxygen atoms in total. The molecule has 0 saturated carbocycles. The van der Waals surface area contributed by atoms with Crippen molar-refractivity contribution in [3.8, 4) is 5.75 Å². The summed E-state index contributed by atoms with van der Waals surface area (Å²) in [5.41, 5.74) is 0.657. The van der Waals surface area contributed by atoms with Gasteiger partial charge < -0.3 is 23.8 Å². The molecule has 37 heavy (non-hydrogen) atoms. The molecule has 0 saturated heterocycles. The third-order valence-electron chi connectivity index (χ3n) is 5.06. The molecule has 0 aliphatic heterocycles. The molecular weight excluding hydrogens is 490 g/mol. The van der Waals surface area contributed by atoms with Crippen molar-refractivity contribution in [3.63, 3.8) is 0 Å².